The summed E-state index contributed by atoms with van der Waals surface area (Å²) in [5.41, 5.74) is 0.984. The van der Waals surface area contributed by atoms with Crippen molar-refractivity contribution >= 4 is 27.5 Å². The number of hydrogen-bond acceptors (Lipinski definition) is 2. The Kier molecular flexibility index (Phi) is 4.52. The third kappa shape index (κ3) is 4.35. The summed E-state index contributed by atoms with van der Waals surface area (Å²) in [6.07, 6.45) is 1.78. The number of hydrogen-bond donors (Lipinski definition) is 0. The summed E-state index contributed by atoms with van der Waals surface area (Å²) < 4.78 is 6.34. The molecule has 0 heterocycles. The van der Waals surface area contributed by atoms with E-state index < -0.39 is 5.60 Å². The summed E-state index contributed by atoms with van der Waals surface area (Å²) >= 11 is 3.37. The Balaban J connectivity index is 2.94. The summed E-state index contributed by atoms with van der Waals surface area (Å²) in [4.78, 5) is 12.0. The topological polar surface area (TPSA) is 26.3 Å². The maximum atomic E-state index is 12.0. The Morgan fingerprint density at radius 3 is 2.18 bits per heavy atom. The zero-order valence-corrected chi connectivity index (χ0v) is 12.2. The van der Waals surface area contributed by atoms with Gasteiger partial charge in [-0.2, -0.15) is 0 Å². The Labute approximate surface area is 111 Å². The van der Waals surface area contributed by atoms with E-state index in [1.54, 1.807) is 6.08 Å². The first kappa shape index (κ1) is 14.0. The quantitative estimate of drug-likeness (QED) is 0.604. The van der Waals surface area contributed by atoms with Gasteiger partial charge in [0.15, 0.2) is 0 Å². The molecule has 3 heteroatoms. The molecule has 0 saturated heterocycles. The summed E-state index contributed by atoms with van der Waals surface area (Å²) in [5, 5.41) is 0. The van der Waals surface area contributed by atoms with Crippen molar-refractivity contribution in [3.63, 3.8) is 0 Å². The van der Waals surface area contributed by atoms with Gasteiger partial charge in [-0.15, -0.1) is 0 Å². The average Bonchev–Trinajstić information content (AvgIpc) is 2.19. The van der Waals surface area contributed by atoms with Crippen molar-refractivity contribution in [2.45, 2.75) is 33.3 Å². The highest BCUT2D eigenvalue weighted by atomic mass is 79.9. The molecule has 92 valence electrons. The van der Waals surface area contributed by atoms with E-state index in [1.807, 2.05) is 52.0 Å². The Morgan fingerprint density at radius 1 is 1.24 bits per heavy atom. The lowest BCUT2D eigenvalue weighted by Gasteiger charge is -2.20. The molecule has 1 rings (SSSR count). The standard InChI is InChI=1S/C14H17BrO2/c1-5-12(13(16)17-14(2,3)4)10-6-8-11(15)9-7-10/h5-9H,1-4H3. The third-order valence-electron chi connectivity index (χ3n) is 2.06. The van der Waals surface area contributed by atoms with Gasteiger partial charge in [0, 0.05) is 4.47 Å². The van der Waals surface area contributed by atoms with Gasteiger partial charge >= 0.3 is 5.97 Å². The predicted octanol–water partition coefficient (Wildman–Crippen LogP) is 4.19. The molecule has 0 aliphatic carbocycles. The molecule has 0 aliphatic heterocycles. The number of halogens is 1. The molecule has 0 fully saturated rings. The number of esters is 1. The molecule has 1 aromatic carbocycles. The van der Waals surface area contributed by atoms with E-state index in [0.29, 0.717) is 5.57 Å². The largest absolute Gasteiger partial charge is 0.456 e. The zero-order chi connectivity index (χ0) is 13.1. The fourth-order valence-corrected chi connectivity index (χ4v) is 1.63. The van der Waals surface area contributed by atoms with Crippen molar-refractivity contribution in [3.05, 3.63) is 40.4 Å². The van der Waals surface area contributed by atoms with Crippen molar-refractivity contribution in [1.29, 1.82) is 0 Å². The predicted molar refractivity (Wildman–Crippen MR) is 73.6 cm³/mol. The molecular formula is C14H17BrO2. The molecule has 0 spiro atoms. The molecule has 0 N–H and O–H groups in total. The second-order valence-corrected chi connectivity index (χ2v) is 5.63. The highest BCUT2D eigenvalue weighted by Gasteiger charge is 2.20. The lowest BCUT2D eigenvalue weighted by molar-refractivity contribution is -0.147. The average molecular weight is 297 g/mol. The molecule has 0 saturated carbocycles. The number of carbonyl (C=O) groups is 1. The molecule has 0 aromatic heterocycles. The highest BCUT2D eigenvalue weighted by Crippen LogP contribution is 2.21. The number of rotatable bonds is 2. The number of benzene rings is 1. The molecule has 17 heavy (non-hydrogen) atoms. The van der Waals surface area contributed by atoms with E-state index in [-0.39, 0.29) is 5.97 Å². The molecule has 2 nitrogen and oxygen atoms in total. The molecule has 1 aromatic rings. The van der Waals surface area contributed by atoms with Gasteiger partial charge in [-0.25, -0.2) is 4.79 Å². The van der Waals surface area contributed by atoms with Crippen molar-refractivity contribution < 1.29 is 9.53 Å². The van der Waals surface area contributed by atoms with Crippen LogP contribution in [0.1, 0.15) is 33.3 Å². The van der Waals surface area contributed by atoms with Crippen LogP contribution in [-0.2, 0) is 9.53 Å². The van der Waals surface area contributed by atoms with Gasteiger partial charge in [0.25, 0.3) is 0 Å². The van der Waals surface area contributed by atoms with Crippen LogP contribution in [-0.4, -0.2) is 11.6 Å². The van der Waals surface area contributed by atoms with Crippen molar-refractivity contribution in [2.24, 2.45) is 0 Å². The fourth-order valence-electron chi connectivity index (χ4n) is 1.36. The fraction of sp³-hybridized carbons (Fsp3) is 0.357. The summed E-state index contributed by atoms with van der Waals surface area (Å²) in [6, 6.07) is 7.60. The van der Waals surface area contributed by atoms with Crippen molar-refractivity contribution in [3.8, 4) is 0 Å². The smallest absolute Gasteiger partial charge is 0.338 e. The Morgan fingerprint density at radius 2 is 1.76 bits per heavy atom. The van der Waals surface area contributed by atoms with Gasteiger partial charge in [0.2, 0.25) is 0 Å². The van der Waals surface area contributed by atoms with Crippen LogP contribution in [0, 0.1) is 0 Å². The molecular weight excluding hydrogens is 280 g/mol. The van der Waals surface area contributed by atoms with E-state index in [9.17, 15) is 4.79 Å². The maximum absolute atomic E-state index is 12.0. The van der Waals surface area contributed by atoms with E-state index in [2.05, 4.69) is 15.9 Å². The van der Waals surface area contributed by atoms with Crippen molar-refractivity contribution in [1.82, 2.24) is 0 Å². The van der Waals surface area contributed by atoms with Crippen LogP contribution in [0.2, 0.25) is 0 Å². The van der Waals surface area contributed by atoms with Crippen LogP contribution in [0.15, 0.2) is 34.8 Å². The van der Waals surface area contributed by atoms with Crippen molar-refractivity contribution in [2.75, 3.05) is 0 Å². The summed E-state index contributed by atoms with van der Waals surface area (Å²) in [6.45, 7) is 7.42. The lowest BCUT2D eigenvalue weighted by Crippen LogP contribution is -2.24. The number of carbonyl (C=O) groups excluding carboxylic acids is 1. The van der Waals surface area contributed by atoms with Crippen LogP contribution in [0.5, 0.6) is 0 Å². The summed E-state index contributed by atoms with van der Waals surface area (Å²) in [7, 11) is 0. The molecule has 0 radical (unpaired) electrons. The van der Waals surface area contributed by atoms with Gasteiger partial charge in [0.1, 0.15) is 5.60 Å². The van der Waals surface area contributed by atoms with Gasteiger partial charge in [-0.05, 0) is 45.4 Å². The van der Waals surface area contributed by atoms with Gasteiger partial charge in [-0.1, -0.05) is 34.1 Å². The van der Waals surface area contributed by atoms with Crippen LogP contribution < -0.4 is 0 Å². The number of ether oxygens (including phenoxy) is 1. The minimum Gasteiger partial charge on any atom is -0.456 e. The van der Waals surface area contributed by atoms with E-state index in [4.69, 9.17) is 4.74 Å². The van der Waals surface area contributed by atoms with Crippen LogP contribution in [0.3, 0.4) is 0 Å². The minimum absolute atomic E-state index is 0.290. The van der Waals surface area contributed by atoms with E-state index in [0.717, 1.165) is 10.0 Å². The third-order valence-corrected chi connectivity index (χ3v) is 2.59. The van der Waals surface area contributed by atoms with Gasteiger partial charge in [-0.3, -0.25) is 0 Å². The first-order valence-corrected chi connectivity index (χ1v) is 6.28. The van der Waals surface area contributed by atoms with Crippen LogP contribution in [0.25, 0.3) is 5.57 Å². The first-order valence-electron chi connectivity index (χ1n) is 5.49. The van der Waals surface area contributed by atoms with Crippen LogP contribution in [0.4, 0.5) is 0 Å². The first-order chi connectivity index (χ1) is 7.83. The second kappa shape index (κ2) is 5.50. The molecule has 0 bridgehead atoms. The monoisotopic (exact) mass is 296 g/mol. The van der Waals surface area contributed by atoms with E-state index >= 15 is 0 Å². The maximum Gasteiger partial charge on any atom is 0.338 e. The second-order valence-electron chi connectivity index (χ2n) is 4.71. The van der Waals surface area contributed by atoms with Gasteiger partial charge in [0.05, 0.1) is 5.57 Å². The Hall–Kier alpha value is -1.09. The highest BCUT2D eigenvalue weighted by molar-refractivity contribution is 9.10. The zero-order valence-electron chi connectivity index (χ0n) is 10.6. The Bertz CT molecular complexity index is 425. The number of allylic oxidation sites excluding steroid dienone is 1. The molecule has 0 amide bonds. The normalized spacial score (nSPS) is 12.4. The minimum atomic E-state index is -0.472. The molecule has 0 aliphatic rings. The summed E-state index contributed by atoms with van der Waals surface area (Å²) in [5.74, 6) is -0.290. The molecule has 0 unspecified atom stereocenters. The van der Waals surface area contributed by atoms with Crippen LogP contribution >= 0.6 is 15.9 Å². The van der Waals surface area contributed by atoms with E-state index in [1.165, 1.54) is 0 Å². The molecule has 0 atom stereocenters. The lowest BCUT2D eigenvalue weighted by atomic mass is 10.1. The van der Waals surface area contributed by atoms with Gasteiger partial charge < -0.3 is 4.74 Å². The SMILES string of the molecule is CC=C(C(=O)OC(C)(C)C)c1ccc(Br)cc1.